The first-order valence-corrected chi connectivity index (χ1v) is 10.8. The highest BCUT2D eigenvalue weighted by molar-refractivity contribution is 5.96. The van der Waals surface area contributed by atoms with Crippen LogP contribution in [-0.2, 0) is 24.1 Å². The Kier molecular flexibility index (Phi) is 5.66. The normalized spacial score (nSPS) is 19.2. The summed E-state index contributed by atoms with van der Waals surface area (Å²) in [6.07, 6.45) is 10.4. The number of anilines is 1. The molecule has 0 N–H and O–H groups in total. The van der Waals surface area contributed by atoms with E-state index in [1.807, 2.05) is 6.08 Å². The van der Waals surface area contributed by atoms with Crippen LogP contribution in [0.25, 0.3) is 6.08 Å². The molecule has 2 aromatic rings. The molecule has 2 aromatic carbocycles. The standard InChI is InChI=1S/C26H31NO/c1-19-9-10-21(26(17-19)27-13-4-3-5-14-27)11-12-24(28)18-23-8-6-7-22-15-20(2)16-25(22)23/h6-12,17,20H,3-5,13-16,18H2,1-2H3/b12-11+/t20-/m1/s1. The Morgan fingerprint density at radius 2 is 1.93 bits per heavy atom. The number of fused-ring (bicyclic) bond motifs is 1. The van der Waals surface area contributed by atoms with Gasteiger partial charge in [0.2, 0.25) is 0 Å². The molecule has 1 atom stereocenters. The zero-order chi connectivity index (χ0) is 19.5. The predicted molar refractivity (Wildman–Crippen MR) is 118 cm³/mol. The number of carbonyl (C=O) groups excluding carboxylic acids is 1. The number of hydrogen-bond acceptors (Lipinski definition) is 2. The minimum Gasteiger partial charge on any atom is -0.371 e. The fourth-order valence-corrected chi connectivity index (χ4v) is 4.74. The second kappa shape index (κ2) is 8.34. The molecular formula is C26H31NO. The lowest BCUT2D eigenvalue weighted by Gasteiger charge is -2.30. The Hall–Kier alpha value is -2.35. The molecule has 2 aliphatic rings. The van der Waals surface area contributed by atoms with E-state index in [2.05, 4.69) is 55.1 Å². The number of rotatable bonds is 5. The number of benzene rings is 2. The van der Waals surface area contributed by atoms with Crippen LogP contribution in [0.5, 0.6) is 0 Å². The van der Waals surface area contributed by atoms with Gasteiger partial charge in [0.05, 0.1) is 0 Å². The van der Waals surface area contributed by atoms with E-state index in [9.17, 15) is 4.79 Å². The monoisotopic (exact) mass is 373 g/mol. The Morgan fingerprint density at radius 1 is 1.11 bits per heavy atom. The predicted octanol–water partition coefficient (Wildman–Crippen LogP) is 5.55. The fraction of sp³-hybridized carbons (Fsp3) is 0.423. The second-order valence-electron chi connectivity index (χ2n) is 8.65. The van der Waals surface area contributed by atoms with Crippen molar-refractivity contribution in [3.8, 4) is 0 Å². The lowest BCUT2D eigenvalue weighted by molar-refractivity contribution is -0.113. The van der Waals surface area contributed by atoms with Crippen LogP contribution >= 0.6 is 0 Å². The molecule has 0 amide bonds. The van der Waals surface area contributed by atoms with Crippen LogP contribution in [0.2, 0.25) is 0 Å². The molecule has 1 saturated heterocycles. The smallest absolute Gasteiger partial charge is 0.160 e. The number of ketones is 1. The van der Waals surface area contributed by atoms with Crippen molar-refractivity contribution in [2.24, 2.45) is 5.92 Å². The van der Waals surface area contributed by atoms with Gasteiger partial charge in [0.25, 0.3) is 0 Å². The summed E-state index contributed by atoms with van der Waals surface area (Å²) in [5.74, 6) is 0.888. The van der Waals surface area contributed by atoms with Crippen molar-refractivity contribution in [1.29, 1.82) is 0 Å². The molecule has 146 valence electrons. The highest BCUT2D eigenvalue weighted by Crippen LogP contribution is 2.30. The van der Waals surface area contributed by atoms with Gasteiger partial charge in [-0.25, -0.2) is 0 Å². The topological polar surface area (TPSA) is 20.3 Å². The SMILES string of the molecule is Cc1ccc(/C=C/C(=O)Cc2cccc3c2C[C@H](C)C3)c(N2CCCCC2)c1. The third-order valence-corrected chi connectivity index (χ3v) is 6.19. The molecule has 28 heavy (non-hydrogen) atoms. The zero-order valence-corrected chi connectivity index (χ0v) is 17.2. The maximum atomic E-state index is 12.7. The number of nitrogens with zero attached hydrogens (tertiary/aromatic N) is 1. The summed E-state index contributed by atoms with van der Waals surface area (Å²) in [6, 6.07) is 13.0. The van der Waals surface area contributed by atoms with Crippen LogP contribution in [-0.4, -0.2) is 18.9 Å². The molecule has 0 radical (unpaired) electrons. The van der Waals surface area contributed by atoms with Gasteiger partial charge in [-0.3, -0.25) is 4.79 Å². The first kappa shape index (κ1) is 19.0. The van der Waals surface area contributed by atoms with Crippen LogP contribution in [0, 0.1) is 12.8 Å². The van der Waals surface area contributed by atoms with Gasteiger partial charge in [0.15, 0.2) is 5.78 Å². The minimum absolute atomic E-state index is 0.193. The van der Waals surface area contributed by atoms with E-state index in [0.29, 0.717) is 12.3 Å². The molecule has 1 fully saturated rings. The summed E-state index contributed by atoms with van der Waals surface area (Å²) < 4.78 is 0. The van der Waals surface area contributed by atoms with Crippen LogP contribution in [0.1, 0.15) is 54.0 Å². The average molecular weight is 374 g/mol. The van der Waals surface area contributed by atoms with Crippen molar-refractivity contribution in [3.05, 3.63) is 70.3 Å². The number of carbonyl (C=O) groups is 1. The van der Waals surface area contributed by atoms with Gasteiger partial charge in [0.1, 0.15) is 0 Å². The molecule has 1 aliphatic heterocycles. The van der Waals surface area contributed by atoms with Crippen molar-refractivity contribution in [1.82, 2.24) is 0 Å². The molecule has 1 aliphatic carbocycles. The first-order valence-electron chi connectivity index (χ1n) is 10.8. The number of aryl methyl sites for hydroxylation is 1. The minimum atomic E-state index is 0.193. The number of piperidine rings is 1. The Morgan fingerprint density at radius 3 is 2.75 bits per heavy atom. The quantitative estimate of drug-likeness (QED) is 0.641. The second-order valence-corrected chi connectivity index (χ2v) is 8.65. The van der Waals surface area contributed by atoms with Crippen LogP contribution < -0.4 is 4.90 Å². The highest BCUT2D eigenvalue weighted by atomic mass is 16.1. The zero-order valence-electron chi connectivity index (χ0n) is 17.2. The fourth-order valence-electron chi connectivity index (χ4n) is 4.74. The molecule has 0 saturated carbocycles. The molecule has 0 unspecified atom stereocenters. The first-order chi connectivity index (χ1) is 13.6. The molecule has 1 heterocycles. The van der Waals surface area contributed by atoms with Gasteiger partial charge in [0, 0.05) is 25.2 Å². The molecule has 2 heteroatoms. The summed E-state index contributed by atoms with van der Waals surface area (Å²) in [7, 11) is 0. The molecule has 0 bridgehead atoms. The lowest BCUT2D eigenvalue weighted by atomic mass is 9.98. The van der Waals surface area contributed by atoms with E-state index in [-0.39, 0.29) is 5.78 Å². The summed E-state index contributed by atoms with van der Waals surface area (Å²) >= 11 is 0. The van der Waals surface area contributed by atoms with Crippen LogP contribution in [0.4, 0.5) is 5.69 Å². The van der Waals surface area contributed by atoms with Gasteiger partial charge in [-0.1, -0.05) is 37.3 Å². The largest absolute Gasteiger partial charge is 0.371 e. The van der Waals surface area contributed by atoms with Crippen molar-refractivity contribution in [2.75, 3.05) is 18.0 Å². The highest BCUT2D eigenvalue weighted by Gasteiger charge is 2.21. The van der Waals surface area contributed by atoms with Crippen molar-refractivity contribution in [2.45, 2.75) is 52.4 Å². The summed E-state index contributed by atoms with van der Waals surface area (Å²) in [6.45, 7) is 6.67. The van der Waals surface area contributed by atoms with E-state index < -0.39 is 0 Å². The van der Waals surface area contributed by atoms with Gasteiger partial charge in [-0.05, 0) is 91.0 Å². The van der Waals surface area contributed by atoms with Crippen LogP contribution in [0.15, 0.2) is 42.5 Å². The van der Waals surface area contributed by atoms with Crippen molar-refractivity contribution in [3.63, 3.8) is 0 Å². The molecular weight excluding hydrogens is 342 g/mol. The number of hydrogen-bond donors (Lipinski definition) is 0. The van der Waals surface area contributed by atoms with E-state index in [0.717, 1.165) is 31.5 Å². The average Bonchev–Trinajstić information content (AvgIpc) is 3.09. The molecule has 0 spiro atoms. The molecule has 0 aromatic heterocycles. The Labute approximate surface area is 169 Å². The van der Waals surface area contributed by atoms with Gasteiger partial charge in [-0.2, -0.15) is 0 Å². The van der Waals surface area contributed by atoms with Gasteiger partial charge >= 0.3 is 0 Å². The van der Waals surface area contributed by atoms with Gasteiger partial charge < -0.3 is 4.90 Å². The van der Waals surface area contributed by atoms with Crippen molar-refractivity contribution < 1.29 is 4.79 Å². The molecule has 4 rings (SSSR count). The maximum absolute atomic E-state index is 12.7. The third kappa shape index (κ3) is 4.22. The Bertz CT molecular complexity index is 889. The molecule has 2 nitrogen and oxygen atoms in total. The summed E-state index contributed by atoms with van der Waals surface area (Å²) in [4.78, 5) is 15.2. The summed E-state index contributed by atoms with van der Waals surface area (Å²) in [5.41, 5.74) is 7.79. The maximum Gasteiger partial charge on any atom is 0.160 e. The van der Waals surface area contributed by atoms with Crippen molar-refractivity contribution >= 4 is 17.5 Å². The summed E-state index contributed by atoms with van der Waals surface area (Å²) in [5, 5.41) is 0. The van der Waals surface area contributed by atoms with E-state index in [1.165, 1.54) is 47.2 Å². The lowest BCUT2D eigenvalue weighted by Crippen LogP contribution is -2.30. The number of allylic oxidation sites excluding steroid dienone is 1. The Balaban J connectivity index is 1.51. The van der Waals surface area contributed by atoms with Gasteiger partial charge in [-0.15, -0.1) is 0 Å². The van der Waals surface area contributed by atoms with E-state index >= 15 is 0 Å². The van der Waals surface area contributed by atoms with E-state index in [1.54, 1.807) is 6.08 Å². The van der Waals surface area contributed by atoms with E-state index in [4.69, 9.17) is 0 Å². The third-order valence-electron chi connectivity index (χ3n) is 6.19. The van der Waals surface area contributed by atoms with Crippen LogP contribution in [0.3, 0.4) is 0 Å².